The van der Waals surface area contributed by atoms with Gasteiger partial charge >= 0.3 is 0 Å². The molecule has 0 saturated carbocycles. The third kappa shape index (κ3) is 2.35. The lowest BCUT2D eigenvalue weighted by Crippen LogP contribution is -2.29. The molecule has 7 heteroatoms. The molecule has 0 radical (unpaired) electrons. The van der Waals surface area contributed by atoms with Crippen molar-refractivity contribution >= 4 is 17.3 Å². The van der Waals surface area contributed by atoms with Crippen LogP contribution >= 0.6 is 0 Å². The predicted molar refractivity (Wildman–Crippen MR) is 69.4 cm³/mol. The predicted octanol–water partition coefficient (Wildman–Crippen LogP) is 1.65. The average Bonchev–Trinajstić information content (AvgIpc) is 2.86. The first-order valence-electron chi connectivity index (χ1n) is 6.05. The van der Waals surface area contributed by atoms with E-state index in [1.165, 1.54) is 12.1 Å². The molecule has 1 unspecified atom stereocenters. The monoisotopic (exact) mass is 251 g/mol. The van der Waals surface area contributed by atoms with E-state index < -0.39 is 4.92 Å². The Balaban J connectivity index is 2.37. The molecule has 1 saturated heterocycles. The molecule has 3 N–H and O–H groups in total. The number of nitro groups is 1. The van der Waals surface area contributed by atoms with Gasteiger partial charge in [0.2, 0.25) is 0 Å². The van der Waals surface area contributed by atoms with Crippen LogP contribution in [0.5, 0.6) is 0 Å². The number of nitrogens with zero attached hydrogens (tertiary/aromatic N) is 3. The highest BCUT2D eigenvalue weighted by atomic mass is 16.6. The molecule has 1 fully saturated rings. The van der Waals surface area contributed by atoms with Crippen LogP contribution in [0.2, 0.25) is 0 Å². The van der Waals surface area contributed by atoms with E-state index in [4.69, 9.17) is 5.84 Å². The SMILES string of the molecule is CCC1CCCN1c1cc([N+](=O)[O-])cc(NN)n1. The van der Waals surface area contributed by atoms with Crippen molar-refractivity contribution in [2.45, 2.75) is 32.2 Å². The van der Waals surface area contributed by atoms with E-state index in [-0.39, 0.29) is 5.69 Å². The summed E-state index contributed by atoms with van der Waals surface area (Å²) in [5, 5.41) is 10.9. The Labute approximate surface area is 105 Å². The van der Waals surface area contributed by atoms with Crippen molar-refractivity contribution in [3.63, 3.8) is 0 Å². The van der Waals surface area contributed by atoms with Crippen LogP contribution in [-0.2, 0) is 0 Å². The Bertz CT molecular complexity index is 451. The summed E-state index contributed by atoms with van der Waals surface area (Å²) in [6, 6.07) is 3.25. The number of hydrazine groups is 1. The van der Waals surface area contributed by atoms with Crippen molar-refractivity contribution in [1.29, 1.82) is 0 Å². The van der Waals surface area contributed by atoms with Gasteiger partial charge in [0.1, 0.15) is 11.6 Å². The largest absolute Gasteiger partial charge is 0.353 e. The summed E-state index contributed by atoms with van der Waals surface area (Å²) in [5.74, 6) is 6.25. The van der Waals surface area contributed by atoms with Gasteiger partial charge in [-0.25, -0.2) is 10.8 Å². The van der Waals surface area contributed by atoms with Gasteiger partial charge in [-0.3, -0.25) is 10.1 Å². The van der Waals surface area contributed by atoms with E-state index in [2.05, 4.69) is 22.2 Å². The molecule has 0 bridgehead atoms. The van der Waals surface area contributed by atoms with Crippen LogP contribution in [0.25, 0.3) is 0 Å². The number of nitrogens with two attached hydrogens (primary N) is 1. The summed E-state index contributed by atoms with van der Waals surface area (Å²) in [5.41, 5.74) is 2.39. The van der Waals surface area contributed by atoms with E-state index >= 15 is 0 Å². The minimum atomic E-state index is -0.428. The van der Waals surface area contributed by atoms with Crippen molar-refractivity contribution < 1.29 is 4.92 Å². The first kappa shape index (κ1) is 12.6. The van der Waals surface area contributed by atoms with Crippen molar-refractivity contribution in [2.24, 2.45) is 5.84 Å². The Kier molecular flexibility index (Phi) is 3.61. The number of nitrogens with one attached hydrogen (secondary N) is 1. The molecule has 1 aromatic rings. The van der Waals surface area contributed by atoms with Gasteiger partial charge in [0, 0.05) is 12.6 Å². The summed E-state index contributed by atoms with van der Waals surface area (Å²) in [7, 11) is 0. The summed E-state index contributed by atoms with van der Waals surface area (Å²) in [6.07, 6.45) is 3.20. The zero-order valence-electron chi connectivity index (χ0n) is 10.3. The topological polar surface area (TPSA) is 97.3 Å². The summed E-state index contributed by atoms with van der Waals surface area (Å²) in [6.45, 7) is 3.00. The minimum absolute atomic E-state index is 0.00898. The fourth-order valence-corrected chi connectivity index (χ4v) is 2.39. The van der Waals surface area contributed by atoms with Gasteiger partial charge in [0.25, 0.3) is 5.69 Å². The Morgan fingerprint density at radius 3 is 3.06 bits per heavy atom. The van der Waals surface area contributed by atoms with Crippen LogP contribution < -0.4 is 16.2 Å². The standard InChI is InChI=1S/C11H17N5O2/c1-2-8-4-3-5-15(8)11-7-9(16(17)18)6-10(13-11)14-12/h6-8H,2-5,12H2,1H3,(H,13,14). The van der Waals surface area contributed by atoms with Gasteiger partial charge in [0.05, 0.1) is 17.1 Å². The normalized spacial score (nSPS) is 19.0. The van der Waals surface area contributed by atoms with Gasteiger partial charge in [-0.05, 0) is 19.3 Å². The Hall–Kier alpha value is -1.89. The highest BCUT2D eigenvalue weighted by Gasteiger charge is 2.25. The van der Waals surface area contributed by atoms with E-state index in [0.29, 0.717) is 17.7 Å². The number of hydrogen-bond acceptors (Lipinski definition) is 6. The van der Waals surface area contributed by atoms with Crippen molar-refractivity contribution in [3.05, 3.63) is 22.2 Å². The summed E-state index contributed by atoms with van der Waals surface area (Å²) >= 11 is 0. The van der Waals surface area contributed by atoms with Crippen LogP contribution in [0.15, 0.2) is 12.1 Å². The third-order valence-corrected chi connectivity index (χ3v) is 3.30. The molecule has 2 heterocycles. The molecule has 1 aliphatic heterocycles. The molecular weight excluding hydrogens is 234 g/mol. The Morgan fingerprint density at radius 2 is 2.44 bits per heavy atom. The van der Waals surface area contributed by atoms with Crippen LogP contribution in [-0.4, -0.2) is 22.5 Å². The number of aromatic nitrogens is 1. The zero-order valence-corrected chi connectivity index (χ0v) is 10.3. The van der Waals surface area contributed by atoms with Crippen molar-refractivity contribution in [3.8, 4) is 0 Å². The van der Waals surface area contributed by atoms with Gasteiger partial charge < -0.3 is 10.3 Å². The quantitative estimate of drug-likeness (QED) is 0.480. The van der Waals surface area contributed by atoms with Gasteiger partial charge in [-0.1, -0.05) is 6.92 Å². The fraction of sp³-hybridized carbons (Fsp3) is 0.545. The Morgan fingerprint density at radius 1 is 1.67 bits per heavy atom. The van der Waals surface area contributed by atoms with Gasteiger partial charge in [-0.2, -0.15) is 0 Å². The molecule has 2 rings (SSSR count). The molecule has 98 valence electrons. The van der Waals surface area contributed by atoms with Crippen LogP contribution in [0.4, 0.5) is 17.3 Å². The molecule has 0 spiro atoms. The van der Waals surface area contributed by atoms with Gasteiger partial charge in [-0.15, -0.1) is 0 Å². The molecular formula is C11H17N5O2. The second-order valence-corrected chi connectivity index (χ2v) is 4.37. The molecule has 18 heavy (non-hydrogen) atoms. The zero-order chi connectivity index (χ0) is 13.1. The molecule has 1 atom stereocenters. The summed E-state index contributed by atoms with van der Waals surface area (Å²) in [4.78, 5) is 16.9. The number of pyridine rings is 1. The van der Waals surface area contributed by atoms with Crippen LogP contribution in [0, 0.1) is 10.1 Å². The third-order valence-electron chi connectivity index (χ3n) is 3.30. The number of anilines is 2. The highest BCUT2D eigenvalue weighted by Crippen LogP contribution is 2.29. The number of hydrogen-bond donors (Lipinski definition) is 2. The maximum atomic E-state index is 10.9. The molecule has 1 aromatic heterocycles. The van der Waals surface area contributed by atoms with Crippen molar-refractivity contribution in [1.82, 2.24) is 4.98 Å². The first-order valence-corrected chi connectivity index (χ1v) is 6.05. The van der Waals surface area contributed by atoms with E-state index in [0.717, 1.165) is 25.8 Å². The second-order valence-electron chi connectivity index (χ2n) is 4.37. The number of rotatable bonds is 4. The van der Waals surface area contributed by atoms with Crippen LogP contribution in [0.1, 0.15) is 26.2 Å². The smallest absolute Gasteiger partial charge is 0.276 e. The average molecular weight is 251 g/mol. The molecule has 1 aliphatic rings. The van der Waals surface area contributed by atoms with E-state index in [1.54, 1.807) is 0 Å². The first-order chi connectivity index (χ1) is 8.65. The fourth-order valence-electron chi connectivity index (χ4n) is 2.39. The van der Waals surface area contributed by atoms with E-state index in [1.807, 2.05) is 0 Å². The number of nitrogen functional groups attached to an aromatic ring is 1. The molecule has 0 amide bonds. The maximum Gasteiger partial charge on any atom is 0.276 e. The minimum Gasteiger partial charge on any atom is -0.353 e. The van der Waals surface area contributed by atoms with E-state index in [9.17, 15) is 10.1 Å². The maximum absolute atomic E-state index is 10.9. The molecule has 0 aliphatic carbocycles. The molecule has 7 nitrogen and oxygen atoms in total. The lowest BCUT2D eigenvalue weighted by atomic mass is 10.2. The second kappa shape index (κ2) is 5.18. The summed E-state index contributed by atoms with van der Waals surface area (Å²) < 4.78 is 0. The molecule has 0 aromatic carbocycles. The van der Waals surface area contributed by atoms with Crippen LogP contribution in [0.3, 0.4) is 0 Å². The van der Waals surface area contributed by atoms with Gasteiger partial charge in [0.15, 0.2) is 0 Å². The highest BCUT2D eigenvalue weighted by molar-refractivity contribution is 5.56. The van der Waals surface area contributed by atoms with Crippen molar-refractivity contribution in [2.75, 3.05) is 16.9 Å². The lowest BCUT2D eigenvalue weighted by molar-refractivity contribution is -0.384. The lowest BCUT2D eigenvalue weighted by Gasteiger charge is -2.24.